The molecule has 7 aromatic rings. The van der Waals surface area contributed by atoms with E-state index in [9.17, 15) is 0 Å². The van der Waals surface area contributed by atoms with Gasteiger partial charge in [-0.2, -0.15) is 0 Å². The molecule has 0 saturated carbocycles. The van der Waals surface area contributed by atoms with Crippen molar-refractivity contribution in [3.63, 3.8) is 0 Å². The molecule has 0 fully saturated rings. The second-order valence-electron chi connectivity index (χ2n) is 9.10. The first kappa shape index (κ1) is 20.5. The summed E-state index contributed by atoms with van der Waals surface area (Å²) in [5, 5.41) is 7.71. The summed E-state index contributed by atoms with van der Waals surface area (Å²) < 4.78 is 0. The van der Waals surface area contributed by atoms with Crippen molar-refractivity contribution in [2.24, 2.45) is 0 Å². The van der Waals surface area contributed by atoms with Gasteiger partial charge < -0.3 is 0 Å². The molecule has 0 aliphatic heterocycles. The monoisotopic (exact) mass is 458 g/mol. The fourth-order valence-electron chi connectivity index (χ4n) is 5.27. The molecule has 2 nitrogen and oxygen atoms in total. The third kappa shape index (κ3) is 3.43. The Hall–Kier alpha value is -4.82. The van der Waals surface area contributed by atoms with E-state index in [-0.39, 0.29) is 0 Å². The number of pyridine rings is 2. The van der Waals surface area contributed by atoms with Gasteiger partial charge in [-0.05, 0) is 103 Å². The van der Waals surface area contributed by atoms with E-state index in [0.717, 1.165) is 22.4 Å². The summed E-state index contributed by atoms with van der Waals surface area (Å²) in [6.45, 7) is 0. The molecular formula is C34H22N2. The molecule has 7 rings (SSSR count). The van der Waals surface area contributed by atoms with Gasteiger partial charge in [0.05, 0.1) is 5.69 Å². The molecule has 0 saturated heterocycles. The van der Waals surface area contributed by atoms with Crippen molar-refractivity contribution in [2.75, 3.05) is 0 Å². The van der Waals surface area contributed by atoms with Gasteiger partial charge in [-0.3, -0.25) is 9.97 Å². The van der Waals surface area contributed by atoms with Crippen LogP contribution in [0.25, 0.3) is 65.8 Å². The Bertz CT molecular complexity index is 1780. The Balaban J connectivity index is 1.51. The van der Waals surface area contributed by atoms with Crippen molar-refractivity contribution >= 4 is 32.3 Å². The molecule has 2 aromatic heterocycles. The number of hydrogen-bond acceptors (Lipinski definition) is 2. The van der Waals surface area contributed by atoms with Gasteiger partial charge in [-0.1, -0.05) is 66.7 Å². The quantitative estimate of drug-likeness (QED) is 0.247. The topological polar surface area (TPSA) is 25.8 Å². The van der Waals surface area contributed by atoms with Crippen molar-refractivity contribution in [3.8, 4) is 33.5 Å². The number of nitrogens with zero attached hydrogens (tertiary/aromatic N) is 2. The maximum Gasteiger partial charge on any atom is 0.0702 e. The maximum absolute atomic E-state index is 4.63. The minimum absolute atomic E-state index is 0.965. The lowest BCUT2D eigenvalue weighted by atomic mass is 9.90. The number of aromatic nitrogens is 2. The number of hydrogen-bond donors (Lipinski definition) is 0. The van der Waals surface area contributed by atoms with E-state index in [1.807, 2.05) is 30.7 Å². The molecule has 2 heteroatoms. The van der Waals surface area contributed by atoms with Gasteiger partial charge in [0.1, 0.15) is 0 Å². The van der Waals surface area contributed by atoms with Crippen molar-refractivity contribution in [2.45, 2.75) is 0 Å². The van der Waals surface area contributed by atoms with Crippen LogP contribution in [0.5, 0.6) is 0 Å². The SMILES string of the molecule is c1ccc(-c2cc(-c3ccncc3)cc(-c3ccc4c5ccccc5c5ccccc5c4c3)c2)nc1. The van der Waals surface area contributed by atoms with E-state index in [1.54, 1.807) is 0 Å². The second-order valence-corrected chi connectivity index (χ2v) is 9.10. The Kier molecular flexibility index (Phi) is 4.82. The summed E-state index contributed by atoms with van der Waals surface area (Å²) in [5.74, 6) is 0. The minimum atomic E-state index is 0.965. The molecule has 0 radical (unpaired) electrons. The first-order valence-electron chi connectivity index (χ1n) is 12.2. The summed E-state index contributed by atoms with van der Waals surface area (Å²) in [7, 11) is 0. The predicted octanol–water partition coefficient (Wildman–Crippen LogP) is 8.94. The molecule has 0 aliphatic carbocycles. The maximum atomic E-state index is 4.63. The van der Waals surface area contributed by atoms with Crippen LogP contribution in [0.2, 0.25) is 0 Å². The zero-order chi connectivity index (χ0) is 23.9. The third-order valence-electron chi connectivity index (χ3n) is 6.98. The normalized spacial score (nSPS) is 11.3. The molecule has 0 atom stereocenters. The summed E-state index contributed by atoms with van der Waals surface area (Å²) in [6.07, 6.45) is 5.53. The molecule has 2 heterocycles. The van der Waals surface area contributed by atoms with E-state index >= 15 is 0 Å². The fourth-order valence-corrected chi connectivity index (χ4v) is 5.27. The summed E-state index contributed by atoms with van der Waals surface area (Å²) in [6, 6.07) is 41.2. The van der Waals surface area contributed by atoms with Crippen LogP contribution in [0.15, 0.2) is 134 Å². The Morgan fingerprint density at radius 3 is 1.53 bits per heavy atom. The van der Waals surface area contributed by atoms with Crippen LogP contribution < -0.4 is 0 Å². The molecule has 168 valence electrons. The van der Waals surface area contributed by atoms with Crippen LogP contribution in [0.4, 0.5) is 0 Å². The molecule has 0 aliphatic rings. The Morgan fingerprint density at radius 1 is 0.333 bits per heavy atom. The Labute approximate surface area is 209 Å². The molecule has 0 unspecified atom stereocenters. The molecule has 36 heavy (non-hydrogen) atoms. The first-order valence-corrected chi connectivity index (χ1v) is 12.2. The number of fused-ring (bicyclic) bond motifs is 6. The zero-order valence-electron chi connectivity index (χ0n) is 19.6. The molecular weight excluding hydrogens is 436 g/mol. The van der Waals surface area contributed by atoms with Gasteiger partial charge in [-0.15, -0.1) is 0 Å². The first-order chi connectivity index (χ1) is 17.8. The molecule has 0 spiro atoms. The largest absolute Gasteiger partial charge is 0.265 e. The van der Waals surface area contributed by atoms with E-state index in [2.05, 4.69) is 113 Å². The number of benzene rings is 5. The van der Waals surface area contributed by atoms with Gasteiger partial charge in [0.25, 0.3) is 0 Å². The average molecular weight is 459 g/mol. The van der Waals surface area contributed by atoms with E-state index in [0.29, 0.717) is 0 Å². The standard InChI is InChI=1S/C34H22N2/c1-2-9-30-28(7-1)29-8-3-4-10-31(29)33-22-24(12-13-32(30)33)26-19-25(23-14-17-35-18-15-23)20-27(21-26)34-11-5-6-16-36-34/h1-22H. The van der Waals surface area contributed by atoms with Gasteiger partial charge >= 0.3 is 0 Å². The highest BCUT2D eigenvalue weighted by Gasteiger charge is 2.12. The van der Waals surface area contributed by atoms with Crippen molar-refractivity contribution in [1.29, 1.82) is 0 Å². The van der Waals surface area contributed by atoms with Gasteiger partial charge in [0, 0.05) is 24.2 Å². The van der Waals surface area contributed by atoms with Crippen LogP contribution in [0, 0.1) is 0 Å². The van der Waals surface area contributed by atoms with Crippen molar-refractivity contribution < 1.29 is 0 Å². The smallest absolute Gasteiger partial charge is 0.0702 e. The number of rotatable bonds is 3. The summed E-state index contributed by atoms with van der Waals surface area (Å²) >= 11 is 0. The minimum Gasteiger partial charge on any atom is -0.265 e. The highest BCUT2D eigenvalue weighted by atomic mass is 14.7. The highest BCUT2D eigenvalue weighted by Crippen LogP contribution is 2.38. The van der Waals surface area contributed by atoms with E-state index in [1.165, 1.54) is 43.4 Å². The van der Waals surface area contributed by atoms with Crippen LogP contribution in [-0.2, 0) is 0 Å². The van der Waals surface area contributed by atoms with Crippen LogP contribution in [0.3, 0.4) is 0 Å². The zero-order valence-corrected chi connectivity index (χ0v) is 19.6. The third-order valence-corrected chi connectivity index (χ3v) is 6.98. The van der Waals surface area contributed by atoms with Crippen LogP contribution >= 0.6 is 0 Å². The predicted molar refractivity (Wildman–Crippen MR) is 151 cm³/mol. The van der Waals surface area contributed by atoms with Gasteiger partial charge in [-0.25, -0.2) is 0 Å². The lowest BCUT2D eigenvalue weighted by molar-refractivity contribution is 1.32. The lowest BCUT2D eigenvalue weighted by Gasteiger charge is -2.14. The fraction of sp³-hybridized carbons (Fsp3) is 0. The van der Waals surface area contributed by atoms with Crippen molar-refractivity contribution in [3.05, 3.63) is 134 Å². The molecule has 0 N–H and O–H groups in total. The van der Waals surface area contributed by atoms with E-state index in [4.69, 9.17) is 0 Å². The van der Waals surface area contributed by atoms with Gasteiger partial charge in [0.2, 0.25) is 0 Å². The summed E-state index contributed by atoms with van der Waals surface area (Å²) in [5.41, 5.74) is 6.72. The summed E-state index contributed by atoms with van der Waals surface area (Å²) in [4.78, 5) is 8.84. The van der Waals surface area contributed by atoms with Gasteiger partial charge in [0.15, 0.2) is 0 Å². The molecule has 5 aromatic carbocycles. The van der Waals surface area contributed by atoms with Crippen LogP contribution in [-0.4, -0.2) is 9.97 Å². The second kappa shape index (κ2) is 8.44. The molecule has 0 bridgehead atoms. The average Bonchev–Trinajstić information content (AvgIpc) is 2.98. The van der Waals surface area contributed by atoms with Crippen molar-refractivity contribution in [1.82, 2.24) is 9.97 Å². The Morgan fingerprint density at radius 2 is 0.889 bits per heavy atom. The highest BCUT2D eigenvalue weighted by molar-refractivity contribution is 6.25. The van der Waals surface area contributed by atoms with E-state index < -0.39 is 0 Å². The lowest BCUT2D eigenvalue weighted by Crippen LogP contribution is -1.89. The van der Waals surface area contributed by atoms with Crippen LogP contribution in [0.1, 0.15) is 0 Å². The molecule has 0 amide bonds.